The molecule has 0 radical (unpaired) electrons. The van der Waals surface area contributed by atoms with Crippen molar-refractivity contribution in [3.05, 3.63) is 95.0 Å². The van der Waals surface area contributed by atoms with Gasteiger partial charge in [0.05, 0.1) is 13.1 Å². The van der Waals surface area contributed by atoms with Gasteiger partial charge in [-0.15, -0.1) is 0 Å². The Labute approximate surface area is 183 Å². The molecule has 2 aromatic carbocycles. The zero-order valence-corrected chi connectivity index (χ0v) is 17.4. The zero-order chi connectivity index (χ0) is 20.9. The number of nitrogens with zero attached hydrogens (tertiary/aromatic N) is 4. The van der Waals surface area contributed by atoms with E-state index in [4.69, 9.17) is 23.8 Å². The maximum absolute atomic E-state index is 13.8. The fourth-order valence-corrected chi connectivity index (χ4v) is 3.30. The van der Waals surface area contributed by atoms with Crippen LogP contribution in [0.4, 0.5) is 16.0 Å². The molecule has 2 heterocycles. The first-order valence-electron chi connectivity index (χ1n) is 9.18. The van der Waals surface area contributed by atoms with Gasteiger partial charge in [0.1, 0.15) is 5.82 Å². The van der Waals surface area contributed by atoms with Gasteiger partial charge in [0, 0.05) is 35.1 Å². The Morgan fingerprint density at radius 2 is 1.37 bits per heavy atom. The van der Waals surface area contributed by atoms with Gasteiger partial charge in [-0.1, -0.05) is 48.0 Å². The molecule has 30 heavy (non-hydrogen) atoms. The van der Waals surface area contributed by atoms with E-state index in [9.17, 15) is 4.39 Å². The third-order valence-corrected chi connectivity index (χ3v) is 4.92. The van der Waals surface area contributed by atoms with Crippen LogP contribution in [0.25, 0.3) is 0 Å². The van der Waals surface area contributed by atoms with Gasteiger partial charge in [0.15, 0.2) is 16.7 Å². The number of halogens is 2. The third kappa shape index (κ3) is 5.03. The molecular formula is C21H18ClFN6S. The Kier molecular flexibility index (Phi) is 6.06. The summed E-state index contributed by atoms with van der Waals surface area (Å²) < 4.78 is 17.2. The van der Waals surface area contributed by atoms with Gasteiger partial charge in [0.25, 0.3) is 0 Å². The van der Waals surface area contributed by atoms with Crippen LogP contribution in [-0.2, 0) is 13.1 Å². The maximum Gasteiger partial charge on any atom is 0.177 e. The molecule has 2 N–H and O–H groups in total. The maximum atomic E-state index is 13.8. The van der Waals surface area contributed by atoms with E-state index in [1.807, 2.05) is 36.5 Å². The van der Waals surface area contributed by atoms with Gasteiger partial charge in [-0.2, -0.15) is 10.2 Å². The predicted molar refractivity (Wildman–Crippen MR) is 120 cm³/mol. The molecule has 0 fully saturated rings. The molecule has 0 atom stereocenters. The van der Waals surface area contributed by atoms with Gasteiger partial charge >= 0.3 is 0 Å². The lowest BCUT2D eigenvalue weighted by Gasteiger charge is -2.07. The minimum Gasteiger partial charge on any atom is -0.316 e. The van der Waals surface area contributed by atoms with Crippen LogP contribution >= 0.6 is 23.8 Å². The highest BCUT2D eigenvalue weighted by molar-refractivity contribution is 7.80. The van der Waals surface area contributed by atoms with Crippen molar-refractivity contribution in [3.8, 4) is 0 Å². The zero-order valence-electron chi connectivity index (χ0n) is 15.8. The summed E-state index contributed by atoms with van der Waals surface area (Å²) in [6.45, 7) is 0.892. The van der Waals surface area contributed by atoms with Crippen molar-refractivity contribution >= 4 is 40.6 Å². The van der Waals surface area contributed by atoms with E-state index in [1.165, 1.54) is 6.07 Å². The van der Waals surface area contributed by atoms with E-state index in [2.05, 4.69) is 20.8 Å². The molecule has 4 aromatic rings. The molecule has 0 unspecified atom stereocenters. The fourth-order valence-electron chi connectivity index (χ4n) is 2.90. The molecule has 4 rings (SSSR count). The van der Waals surface area contributed by atoms with Crippen LogP contribution in [0.3, 0.4) is 0 Å². The van der Waals surface area contributed by atoms with Gasteiger partial charge in [-0.05, 0) is 29.9 Å². The molecule has 0 aliphatic rings. The summed E-state index contributed by atoms with van der Waals surface area (Å²) in [5.74, 6) is 0.900. The third-order valence-electron chi connectivity index (χ3n) is 4.34. The van der Waals surface area contributed by atoms with Gasteiger partial charge in [-0.3, -0.25) is 9.36 Å². The van der Waals surface area contributed by atoms with Crippen LogP contribution in [0.2, 0.25) is 5.02 Å². The Balaban J connectivity index is 1.33. The van der Waals surface area contributed by atoms with E-state index in [0.717, 1.165) is 5.56 Å². The molecule has 0 bridgehead atoms. The van der Waals surface area contributed by atoms with Crippen molar-refractivity contribution in [2.24, 2.45) is 0 Å². The lowest BCUT2D eigenvalue weighted by Crippen LogP contribution is -2.20. The smallest absolute Gasteiger partial charge is 0.177 e. The number of anilines is 2. The number of nitrogens with one attached hydrogen (secondary N) is 2. The Morgan fingerprint density at radius 1 is 0.833 bits per heavy atom. The molecule has 9 heteroatoms. The molecule has 0 aliphatic carbocycles. The van der Waals surface area contributed by atoms with E-state index in [-0.39, 0.29) is 5.82 Å². The molecule has 0 saturated heterocycles. The van der Waals surface area contributed by atoms with Crippen LogP contribution in [0, 0.1) is 5.82 Å². The molecule has 0 spiro atoms. The Morgan fingerprint density at radius 3 is 1.97 bits per heavy atom. The van der Waals surface area contributed by atoms with Gasteiger partial charge in [-0.25, -0.2) is 4.39 Å². The van der Waals surface area contributed by atoms with Crippen molar-refractivity contribution in [2.45, 2.75) is 13.1 Å². The minimum absolute atomic E-state index is 0.257. The number of aromatic nitrogens is 4. The van der Waals surface area contributed by atoms with Crippen LogP contribution in [0.15, 0.2) is 73.1 Å². The second-order valence-corrected chi connectivity index (χ2v) is 7.37. The van der Waals surface area contributed by atoms with Crippen molar-refractivity contribution in [2.75, 3.05) is 10.6 Å². The predicted octanol–water partition coefficient (Wildman–Crippen LogP) is 4.78. The summed E-state index contributed by atoms with van der Waals surface area (Å²) in [6, 6.07) is 17.9. The van der Waals surface area contributed by atoms with E-state index < -0.39 is 0 Å². The average molecular weight is 441 g/mol. The number of hydrogen-bond donors (Lipinski definition) is 2. The molecular weight excluding hydrogens is 423 g/mol. The van der Waals surface area contributed by atoms with Crippen LogP contribution in [0.5, 0.6) is 0 Å². The van der Waals surface area contributed by atoms with E-state index in [1.54, 1.807) is 39.8 Å². The van der Waals surface area contributed by atoms with Crippen LogP contribution < -0.4 is 10.6 Å². The van der Waals surface area contributed by atoms with Crippen LogP contribution in [0.1, 0.15) is 11.1 Å². The molecule has 152 valence electrons. The summed E-state index contributed by atoms with van der Waals surface area (Å²) in [5, 5.41) is 15.9. The fraction of sp³-hybridized carbons (Fsp3) is 0.0952. The largest absolute Gasteiger partial charge is 0.316 e. The van der Waals surface area contributed by atoms with E-state index in [0.29, 0.717) is 40.4 Å². The lowest BCUT2D eigenvalue weighted by molar-refractivity contribution is 0.586. The Bertz CT molecular complexity index is 1080. The Hall–Kier alpha value is -3.23. The van der Waals surface area contributed by atoms with Gasteiger partial charge in [0.2, 0.25) is 0 Å². The highest BCUT2D eigenvalue weighted by atomic mass is 35.5. The van der Waals surface area contributed by atoms with Crippen molar-refractivity contribution in [1.82, 2.24) is 19.6 Å². The first-order chi connectivity index (χ1) is 14.6. The van der Waals surface area contributed by atoms with Crippen LogP contribution in [-0.4, -0.2) is 24.7 Å². The summed E-state index contributed by atoms with van der Waals surface area (Å²) in [5.41, 5.74) is 1.55. The standard InChI is InChI=1S/C21H18ClFN6S/c22-17-7-3-1-5-15(17)13-28-11-9-19(26-28)24-21(30)25-20-10-12-29(27-20)14-16-6-2-4-8-18(16)23/h1-12H,13-14H2,(H2,24,25,26,27,30). The van der Waals surface area contributed by atoms with Crippen molar-refractivity contribution < 1.29 is 4.39 Å². The SMILES string of the molecule is Fc1ccccc1Cn1ccc(NC(=S)Nc2ccn(Cc3ccccc3Cl)n2)n1. The molecule has 0 saturated carbocycles. The summed E-state index contributed by atoms with van der Waals surface area (Å²) in [4.78, 5) is 0. The van der Waals surface area contributed by atoms with E-state index >= 15 is 0 Å². The normalized spacial score (nSPS) is 10.7. The second-order valence-electron chi connectivity index (χ2n) is 6.56. The highest BCUT2D eigenvalue weighted by Gasteiger charge is 2.07. The monoisotopic (exact) mass is 440 g/mol. The molecule has 2 aromatic heterocycles. The number of benzene rings is 2. The molecule has 0 amide bonds. The minimum atomic E-state index is -0.257. The number of thiocarbonyl (C=S) groups is 1. The number of rotatable bonds is 6. The van der Waals surface area contributed by atoms with Gasteiger partial charge < -0.3 is 10.6 Å². The summed E-state index contributed by atoms with van der Waals surface area (Å²) in [6.07, 6.45) is 3.60. The lowest BCUT2D eigenvalue weighted by atomic mass is 10.2. The van der Waals surface area contributed by atoms with Crippen molar-refractivity contribution in [3.63, 3.8) is 0 Å². The second kappa shape index (κ2) is 9.06. The quantitative estimate of drug-likeness (QED) is 0.423. The summed E-state index contributed by atoms with van der Waals surface area (Å²) >= 11 is 11.5. The topological polar surface area (TPSA) is 59.7 Å². The average Bonchev–Trinajstić information content (AvgIpc) is 3.35. The first-order valence-corrected chi connectivity index (χ1v) is 9.97. The molecule has 6 nitrogen and oxygen atoms in total. The summed E-state index contributed by atoms with van der Waals surface area (Å²) in [7, 11) is 0. The van der Waals surface area contributed by atoms with Crippen molar-refractivity contribution in [1.29, 1.82) is 0 Å². The highest BCUT2D eigenvalue weighted by Crippen LogP contribution is 2.16. The number of hydrogen-bond acceptors (Lipinski definition) is 3. The first kappa shape index (κ1) is 20.1. The molecule has 0 aliphatic heterocycles.